The summed E-state index contributed by atoms with van der Waals surface area (Å²) in [5, 5.41) is 12.0. The van der Waals surface area contributed by atoms with E-state index in [1.54, 1.807) is 12.3 Å². The number of rotatable bonds is 4. The summed E-state index contributed by atoms with van der Waals surface area (Å²) in [5.41, 5.74) is 0.911. The molecular weight excluding hydrogens is 231 g/mol. The van der Waals surface area contributed by atoms with E-state index in [4.69, 9.17) is 5.26 Å². The smallest absolute Gasteiger partial charge is 0.128 e. The van der Waals surface area contributed by atoms with Crippen molar-refractivity contribution in [2.45, 2.75) is 20.0 Å². The average molecular weight is 244 g/mol. The summed E-state index contributed by atoms with van der Waals surface area (Å²) in [4.78, 5) is 4.22. The molecule has 0 fully saturated rings. The Morgan fingerprint density at radius 1 is 1.50 bits per heavy atom. The molecule has 1 heterocycles. The SMILES string of the molecule is CCn1ccnc1CNc1ccc(F)cc1C#N. The lowest BCUT2D eigenvalue weighted by Crippen LogP contribution is -2.08. The quantitative estimate of drug-likeness (QED) is 0.899. The Morgan fingerprint density at radius 3 is 3.06 bits per heavy atom. The molecule has 1 N–H and O–H groups in total. The van der Waals surface area contributed by atoms with Gasteiger partial charge in [-0.25, -0.2) is 9.37 Å². The standard InChI is InChI=1S/C13H13FN4/c1-2-18-6-5-16-13(18)9-17-12-4-3-11(14)7-10(12)8-15/h3-7,17H,2,9H2,1H3. The van der Waals surface area contributed by atoms with E-state index in [0.717, 1.165) is 12.4 Å². The number of aryl methyl sites for hydroxylation is 1. The summed E-state index contributed by atoms with van der Waals surface area (Å²) in [5.74, 6) is 0.470. The fourth-order valence-corrected chi connectivity index (χ4v) is 1.73. The third kappa shape index (κ3) is 2.48. The molecule has 18 heavy (non-hydrogen) atoms. The maximum Gasteiger partial charge on any atom is 0.128 e. The van der Waals surface area contributed by atoms with Crippen LogP contribution in [-0.2, 0) is 13.1 Å². The van der Waals surface area contributed by atoms with Gasteiger partial charge in [0, 0.05) is 18.9 Å². The molecule has 0 unspecified atom stereocenters. The van der Waals surface area contributed by atoms with Gasteiger partial charge in [-0.15, -0.1) is 0 Å². The molecule has 1 aromatic carbocycles. The largest absolute Gasteiger partial charge is 0.377 e. The number of nitrogens with zero attached hydrogens (tertiary/aromatic N) is 3. The fourth-order valence-electron chi connectivity index (χ4n) is 1.73. The van der Waals surface area contributed by atoms with Crippen LogP contribution in [0.2, 0.25) is 0 Å². The fraction of sp³-hybridized carbons (Fsp3) is 0.231. The number of nitrogens with one attached hydrogen (secondary N) is 1. The minimum Gasteiger partial charge on any atom is -0.377 e. The first-order valence-electron chi connectivity index (χ1n) is 5.68. The van der Waals surface area contributed by atoms with Gasteiger partial charge in [-0.3, -0.25) is 0 Å². The van der Waals surface area contributed by atoms with Crippen LogP contribution in [0, 0.1) is 17.1 Å². The number of hydrogen-bond donors (Lipinski definition) is 1. The molecule has 0 aliphatic heterocycles. The summed E-state index contributed by atoms with van der Waals surface area (Å²) >= 11 is 0. The highest BCUT2D eigenvalue weighted by atomic mass is 19.1. The van der Waals surface area contributed by atoms with E-state index in [2.05, 4.69) is 10.3 Å². The lowest BCUT2D eigenvalue weighted by atomic mass is 10.2. The molecule has 0 bridgehead atoms. The van der Waals surface area contributed by atoms with E-state index in [1.165, 1.54) is 12.1 Å². The summed E-state index contributed by atoms with van der Waals surface area (Å²) in [6, 6.07) is 6.07. The average Bonchev–Trinajstić information content (AvgIpc) is 2.84. The van der Waals surface area contributed by atoms with E-state index in [0.29, 0.717) is 17.8 Å². The van der Waals surface area contributed by atoms with E-state index in [9.17, 15) is 4.39 Å². The molecule has 0 spiro atoms. The maximum atomic E-state index is 13.0. The van der Waals surface area contributed by atoms with Crippen LogP contribution in [0.4, 0.5) is 10.1 Å². The number of imidazole rings is 1. The number of halogens is 1. The van der Waals surface area contributed by atoms with Crippen LogP contribution in [0.25, 0.3) is 0 Å². The molecule has 4 nitrogen and oxygen atoms in total. The first kappa shape index (κ1) is 12.1. The van der Waals surface area contributed by atoms with Gasteiger partial charge in [0.05, 0.1) is 17.8 Å². The third-order valence-electron chi connectivity index (χ3n) is 2.68. The zero-order valence-electron chi connectivity index (χ0n) is 10.0. The van der Waals surface area contributed by atoms with Crippen LogP contribution in [0.1, 0.15) is 18.3 Å². The van der Waals surface area contributed by atoms with Crippen LogP contribution >= 0.6 is 0 Å². The summed E-state index contributed by atoms with van der Waals surface area (Å²) in [6.45, 7) is 3.37. The Kier molecular flexibility index (Phi) is 3.58. The molecule has 92 valence electrons. The predicted molar refractivity (Wildman–Crippen MR) is 66.3 cm³/mol. The summed E-state index contributed by atoms with van der Waals surface area (Å²) in [6.07, 6.45) is 3.63. The van der Waals surface area contributed by atoms with Crippen LogP contribution in [0.3, 0.4) is 0 Å². The second kappa shape index (κ2) is 5.32. The van der Waals surface area contributed by atoms with Gasteiger partial charge in [0.2, 0.25) is 0 Å². The number of hydrogen-bond acceptors (Lipinski definition) is 3. The first-order chi connectivity index (χ1) is 8.74. The Hall–Kier alpha value is -2.35. The predicted octanol–water partition coefficient (Wildman–Crippen LogP) is 2.53. The number of aromatic nitrogens is 2. The minimum atomic E-state index is -0.410. The molecule has 0 aliphatic rings. The molecule has 1 aromatic heterocycles. The Morgan fingerprint density at radius 2 is 2.33 bits per heavy atom. The van der Waals surface area contributed by atoms with Crippen molar-refractivity contribution < 1.29 is 4.39 Å². The normalized spacial score (nSPS) is 10.1. The second-order valence-corrected chi connectivity index (χ2v) is 3.78. The molecule has 5 heteroatoms. The van der Waals surface area contributed by atoms with Crippen molar-refractivity contribution in [3.8, 4) is 6.07 Å². The topological polar surface area (TPSA) is 53.6 Å². The van der Waals surface area contributed by atoms with E-state index in [-0.39, 0.29) is 0 Å². The van der Waals surface area contributed by atoms with Crippen molar-refractivity contribution in [1.82, 2.24) is 9.55 Å². The van der Waals surface area contributed by atoms with Crippen molar-refractivity contribution in [3.05, 3.63) is 47.8 Å². The molecular formula is C13H13FN4. The van der Waals surface area contributed by atoms with Gasteiger partial charge in [0.1, 0.15) is 17.7 Å². The number of anilines is 1. The maximum absolute atomic E-state index is 13.0. The van der Waals surface area contributed by atoms with E-state index in [1.807, 2.05) is 23.8 Å². The molecule has 0 amide bonds. The highest BCUT2D eigenvalue weighted by Gasteiger charge is 2.05. The van der Waals surface area contributed by atoms with Gasteiger partial charge in [0.25, 0.3) is 0 Å². The van der Waals surface area contributed by atoms with Crippen LogP contribution in [0.15, 0.2) is 30.6 Å². The molecule has 2 aromatic rings. The van der Waals surface area contributed by atoms with Crippen molar-refractivity contribution in [2.24, 2.45) is 0 Å². The Labute approximate surface area is 105 Å². The van der Waals surface area contributed by atoms with Gasteiger partial charge in [-0.05, 0) is 25.1 Å². The van der Waals surface area contributed by atoms with Crippen LogP contribution < -0.4 is 5.32 Å². The van der Waals surface area contributed by atoms with E-state index < -0.39 is 5.82 Å². The van der Waals surface area contributed by atoms with Crippen molar-refractivity contribution >= 4 is 5.69 Å². The van der Waals surface area contributed by atoms with E-state index >= 15 is 0 Å². The van der Waals surface area contributed by atoms with Crippen molar-refractivity contribution in [3.63, 3.8) is 0 Å². The van der Waals surface area contributed by atoms with Gasteiger partial charge in [-0.2, -0.15) is 5.26 Å². The molecule has 2 rings (SSSR count). The highest BCUT2D eigenvalue weighted by molar-refractivity contribution is 5.57. The lowest BCUT2D eigenvalue weighted by Gasteiger charge is -2.09. The second-order valence-electron chi connectivity index (χ2n) is 3.78. The highest BCUT2D eigenvalue weighted by Crippen LogP contribution is 2.16. The van der Waals surface area contributed by atoms with Gasteiger partial charge < -0.3 is 9.88 Å². The van der Waals surface area contributed by atoms with Crippen LogP contribution in [0.5, 0.6) is 0 Å². The van der Waals surface area contributed by atoms with Crippen molar-refractivity contribution in [1.29, 1.82) is 5.26 Å². The Balaban J connectivity index is 2.14. The molecule has 0 aliphatic carbocycles. The molecule has 0 radical (unpaired) electrons. The van der Waals surface area contributed by atoms with Crippen molar-refractivity contribution in [2.75, 3.05) is 5.32 Å². The van der Waals surface area contributed by atoms with Gasteiger partial charge in [-0.1, -0.05) is 0 Å². The summed E-state index contributed by atoms with van der Waals surface area (Å²) in [7, 11) is 0. The molecule has 0 atom stereocenters. The molecule has 0 saturated heterocycles. The monoisotopic (exact) mass is 244 g/mol. The zero-order chi connectivity index (χ0) is 13.0. The third-order valence-corrected chi connectivity index (χ3v) is 2.68. The minimum absolute atomic E-state index is 0.296. The van der Waals surface area contributed by atoms with Gasteiger partial charge in [0.15, 0.2) is 0 Å². The number of benzene rings is 1. The number of nitriles is 1. The van der Waals surface area contributed by atoms with Crippen LogP contribution in [-0.4, -0.2) is 9.55 Å². The molecule has 0 saturated carbocycles. The lowest BCUT2D eigenvalue weighted by molar-refractivity contribution is 0.627. The Bertz CT molecular complexity index is 583. The van der Waals surface area contributed by atoms with Gasteiger partial charge >= 0.3 is 0 Å². The summed E-state index contributed by atoms with van der Waals surface area (Å²) < 4.78 is 15.0. The first-order valence-corrected chi connectivity index (χ1v) is 5.68. The zero-order valence-corrected chi connectivity index (χ0v) is 10.0.